The van der Waals surface area contributed by atoms with Crippen LogP contribution in [0.2, 0.25) is 18.1 Å². The lowest BCUT2D eigenvalue weighted by Gasteiger charge is -2.36. The van der Waals surface area contributed by atoms with Crippen molar-refractivity contribution in [3.8, 4) is 0 Å². The zero-order valence-corrected chi connectivity index (χ0v) is 19.3. The number of methoxy groups -OCH3 is 1. The van der Waals surface area contributed by atoms with Gasteiger partial charge in [0.15, 0.2) is 8.32 Å². The van der Waals surface area contributed by atoms with Crippen LogP contribution >= 0.6 is 0 Å². The van der Waals surface area contributed by atoms with Crippen LogP contribution in [0.3, 0.4) is 0 Å². The van der Waals surface area contributed by atoms with Crippen molar-refractivity contribution in [3.05, 3.63) is 41.6 Å². The quantitative estimate of drug-likeness (QED) is 0.387. The lowest BCUT2D eigenvalue weighted by molar-refractivity contribution is -0.136. The zero-order valence-electron chi connectivity index (χ0n) is 17.5. The number of carbonyl (C=O) groups is 1. The highest BCUT2D eigenvalue weighted by Crippen LogP contribution is 2.36. The van der Waals surface area contributed by atoms with Gasteiger partial charge in [-0.15, -0.1) is 0 Å². The Kier molecular flexibility index (Phi) is 7.43. The summed E-state index contributed by atoms with van der Waals surface area (Å²) in [6.45, 7) is 12.3. The van der Waals surface area contributed by atoms with Gasteiger partial charge in [0.2, 0.25) is 0 Å². The number of carbonyl (C=O) groups excluding carboxylic acids is 1. The smallest absolute Gasteiger partial charge is 0.337 e. The molecule has 1 aromatic carbocycles. The fourth-order valence-electron chi connectivity index (χ4n) is 1.92. The van der Waals surface area contributed by atoms with Crippen LogP contribution in [0.4, 0.5) is 0 Å². The van der Waals surface area contributed by atoms with Gasteiger partial charge in [0.1, 0.15) is 0 Å². The molecule has 152 valence electrons. The van der Waals surface area contributed by atoms with Gasteiger partial charge < -0.3 is 9.16 Å². The van der Waals surface area contributed by atoms with E-state index in [4.69, 9.17) is 9.16 Å². The minimum Gasteiger partial charge on any atom is -0.466 e. The molecule has 0 amide bonds. The van der Waals surface area contributed by atoms with E-state index in [0.29, 0.717) is 0 Å². The molecular formula is C19H31NO5SSi. The summed E-state index contributed by atoms with van der Waals surface area (Å²) in [5.41, 5.74) is 1.12. The third-order valence-corrected chi connectivity index (χ3v) is 11.1. The van der Waals surface area contributed by atoms with Gasteiger partial charge in [-0.25, -0.2) is 13.2 Å². The van der Waals surface area contributed by atoms with Crippen LogP contribution in [0.5, 0.6) is 0 Å². The predicted octanol–water partition coefficient (Wildman–Crippen LogP) is 3.69. The van der Waals surface area contributed by atoms with Crippen LogP contribution in [-0.2, 0) is 24.0 Å². The topological polar surface area (TPSA) is 72.9 Å². The van der Waals surface area contributed by atoms with Gasteiger partial charge in [0.05, 0.1) is 24.2 Å². The fraction of sp³-hybridized carbons (Fsp3) is 0.526. The molecule has 0 aliphatic heterocycles. The standard InChI is InChI=1S/C19H31NO5SSi/c1-15-9-11-17(12-10-15)26(22,23)20(5)13-16(18(21)24-6)14-25-27(7,8)19(2,3)4/h9-13H,14H2,1-8H3/b16-13-. The van der Waals surface area contributed by atoms with E-state index in [1.54, 1.807) is 24.3 Å². The molecule has 6 nitrogen and oxygen atoms in total. The predicted molar refractivity (Wildman–Crippen MR) is 109 cm³/mol. The molecule has 0 spiro atoms. The molecule has 1 aromatic rings. The maximum Gasteiger partial charge on any atom is 0.337 e. The van der Waals surface area contributed by atoms with Gasteiger partial charge in [-0.05, 0) is 37.2 Å². The van der Waals surface area contributed by atoms with E-state index < -0.39 is 24.3 Å². The van der Waals surface area contributed by atoms with E-state index in [2.05, 4.69) is 33.9 Å². The van der Waals surface area contributed by atoms with Gasteiger partial charge in [-0.2, -0.15) is 0 Å². The van der Waals surface area contributed by atoms with Crippen molar-refractivity contribution in [2.45, 2.75) is 50.7 Å². The highest BCUT2D eigenvalue weighted by molar-refractivity contribution is 7.89. The van der Waals surface area contributed by atoms with Crippen molar-refractivity contribution in [3.63, 3.8) is 0 Å². The van der Waals surface area contributed by atoms with Gasteiger partial charge in [0.25, 0.3) is 10.0 Å². The first-order valence-corrected chi connectivity index (χ1v) is 13.0. The van der Waals surface area contributed by atoms with Crippen molar-refractivity contribution in [1.82, 2.24) is 4.31 Å². The first kappa shape index (κ1) is 23.4. The lowest BCUT2D eigenvalue weighted by atomic mass is 10.2. The molecule has 8 heteroatoms. The van der Waals surface area contributed by atoms with Crippen LogP contribution < -0.4 is 0 Å². The molecule has 0 atom stereocenters. The molecule has 0 unspecified atom stereocenters. The number of sulfonamides is 1. The van der Waals surface area contributed by atoms with E-state index in [9.17, 15) is 13.2 Å². The number of rotatable bonds is 7. The van der Waals surface area contributed by atoms with E-state index >= 15 is 0 Å². The number of aryl methyl sites for hydroxylation is 1. The molecule has 0 aliphatic carbocycles. The third-order valence-electron chi connectivity index (χ3n) is 4.88. The number of nitrogens with zero attached hydrogens (tertiary/aromatic N) is 1. The Morgan fingerprint density at radius 2 is 1.70 bits per heavy atom. The number of esters is 1. The molecule has 0 aromatic heterocycles. The third kappa shape index (κ3) is 5.92. The number of hydrogen-bond donors (Lipinski definition) is 0. The largest absolute Gasteiger partial charge is 0.466 e. The first-order valence-electron chi connectivity index (χ1n) is 8.70. The maximum absolute atomic E-state index is 12.7. The zero-order chi connectivity index (χ0) is 21.0. The van der Waals surface area contributed by atoms with Gasteiger partial charge in [0, 0.05) is 13.2 Å². The molecule has 0 saturated carbocycles. The van der Waals surface area contributed by atoms with Crippen LogP contribution in [-0.4, -0.2) is 47.8 Å². The van der Waals surface area contributed by atoms with E-state index in [1.165, 1.54) is 20.4 Å². The SMILES string of the molecule is COC(=O)/C(=C\N(C)S(=O)(=O)c1ccc(C)cc1)CO[Si](C)(C)C(C)(C)C. The minimum atomic E-state index is -3.77. The van der Waals surface area contributed by atoms with Crippen molar-refractivity contribution in [2.24, 2.45) is 0 Å². The highest BCUT2D eigenvalue weighted by atomic mass is 32.2. The van der Waals surface area contributed by atoms with E-state index in [-0.39, 0.29) is 22.1 Å². The monoisotopic (exact) mass is 413 g/mol. The number of hydrogen-bond acceptors (Lipinski definition) is 5. The molecule has 1 rings (SSSR count). The van der Waals surface area contributed by atoms with Gasteiger partial charge in [-0.1, -0.05) is 38.5 Å². The Balaban J connectivity index is 3.14. The molecule has 27 heavy (non-hydrogen) atoms. The van der Waals surface area contributed by atoms with Gasteiger partial charge in [-0.3, -0.25) is 4.31 Å². The Morgan fingerprint density at radius 1 is 1.19 bits per heavy atom. The summed E-state index contributed by atoms with van der Waals surface area (Å²) in [5.74, 6) is -0.611. The average molecular weight is 414 g/mol. The van der Waals surface area contributed by atoms with Crippen molar-refractivity contribution in [1.29, 1.82) is 0 Å². The molecule has 0 aliphatic rings. The van der Waals surface area contributed by atoms with Crippen molar-refractivity contribution >= 4 is 24.3 Å². The molecule has 0 fully saturated rings. The fourth-order valence-corrected chi connectivity index (χ4v) is 3.95. The lowest BCUT2D eigenvalue weighted by Crippen LogP contribution is -2.41. The Morgan fingerprint density at radius 3 is 2.15 bits per heavy atom. The van der Waals surface area contributed by atoms with Crippen LogP contribution in [0.25, 0.3) is 0 Å². The number of ether oxygens (including phenoxy) is 1. The Labute approximate surface area is 164 Å². The Hall–Kier alpha value is -1.64. The summed E-state index contributed by atoms with van der Waals surface area (Å²) in [5, 5.41) is -0.0336. The molecule has 0 heterocycles. The first-order chi connectivity index (χ1) is 12.2. The van der Waals surface area contributed by atoms with E-state index in [0.717, 1.165) is 9.87 Å². The molecule has 0 bridgehead atoms. The summed E-state index contributed by atoms with van der Waals surface area (Å²) in [6, 6.07) is 6.54. The average Bonchev–Trinajstić information content (AvgIpc) is 2.56. The second kappa shape index (κ2) is 8.58. The highest BCUT2D eigenvalue weighted by Gasteiger charge is 2.37. The van der Waals surface area contributed by atoms with Crippen molar-refractivity contribution < 1.29 is 22.4 Å². The summed E-state index contributed by atoms with van der Waals surface area (Å²) < 4.78 is 37.4. The normalized spacial score (nSPS) is 13.4. The molecule has 0 N–H and O–H groups in total. The van der Waals surface area contributed by atoms with Crippen LogP contribution in [0.15, 0.2) is 40.9 Å². The maximum atomic E-state index is 12.7. The second-order valence-electron chi connectivity index (χ2n) is 8.03. The van der Waals surface area contributed by atoms with Crippen LogP contribution in [0.1, 0.15) is 26.3 Å². The summed E-state index contributed by atoms with van der Waals surface area (Å²) in [7, 11) is -3.23. The molecule has 0 saturated heterocycles. The molecular weight excluding hydrogens is 382 g/mol. The summed E-state index contributed by atoms with van der Waals surface area (Å²) in [4.78, 5) is 12.3. The summed E-state index contributed by atoms with van der Waals surface area (Å²) in [6.07, 6.45) is 1.27. The number of benzene rings is 1. The Bertz CT molecular complexity index is 792. The molecule has 0 radical (unpaired) electrons. The van der Waals surface area contributed by atoms with E-state index in [1.807, 2.05) is 6.92 Å². The van der Waals surface area contributed by atoms with Gasteiger partial charge >= 0.3 is 5.97 Å². The van der Waals surface area contributed by atoms with Crippen molar-refractivity contribution in [2.75, 3.05) is 20.8 Å². The second-order valence-corrected chi connectivity index (χ2v) is 14.8. The minimum absolute atomic E-state index is 0.00305. The summed E-state index contributed by atoms with van der Waals surface area (Å²) >= 11 is 0. The van der Waals surface area contributed by atoms with Crippen LogP contribution in [0, 0.1) is 6.92 Å².